The van der Waals surface area contributed by atoms with Gasteiger partial charge in [-0.25, -0.2) is 12.7 Å². The molecule has 1 aromatic heterocycles. The van der Waals surface area contributed by atoms with Gasteiger partial charge >= 0.3 is 0 Å². The molecule has 0 unspecified atom stereocenters. The predicted octanol–water partition coefficient (Wildman–Crippen LogP) is 3.15. The fraction of sp³-hybridized carbons (Fsp3) is 0.360. The number of carbonyl (C=O) groups is 1. The molecule has 0 bridgehead atoms. The number of pyridine rings is 1. The molecule has 1 amide bonds. The first-order chi connectivity index (χ1) is 15.8. The van der Waals surface area contributed by atoms with E-state index in [0.717, 1.165) is 16.3 Å². The molecule has 2 aromatic carbocycles. The molecule has 1 fully saturated rings. The number of amides is 1. The highest BCUT2D eigenvalue weighted by atomic mass is 32.2. The van der Waals surface area contributed by atoms with Gasteiger partial charge in [0.2, 0.25) is 15.9 Å². The molecule has 33 heavy (non-hydrogen) atoms. The number of aliphatic hydroxyl groups is 1. The molecule has 4 rings (SSSR count). The van der Waals surface area contributed by atoms with Crippen LogP contribution in [0.2, 0.25) is 0 Å². The molecule has 0 atom stereocenters. The average molecular weight is 468 g/mol. The van der Waals surface area contributed by atoms with Gasteiger partial charge in [-0.1, -0.05) is 36.4 Å². The lowest BCUT2D eigenvalue weighted by atomic mass is 9.85. The Bertz CT molecular complexity index is 1220. The number of carbonyl (C=O) groups excluding carboxylic acids is 1. The Morgan fingerprint density at radius 2 is 1.82 bits per heavy atom. The Kier molecular flexibility index (Phi) is 6.78. The first kappa shape index (κ1) is 23.4. The molecule has 1 aliphatic heterocycles. The number of piperidine rings is 1. The Balaban J connectivity index is 1.29. The summed E-state index contributed by atoms with van der Waals surface area (Å²) < 4.78 is 27.2. The topological polar surface area (TPSA) is 90.8 Å². The number of hydrogen-bond donors (Lipinski definition) is 1. The molecule has 1 aliphatic rings. The first-order valence-electron chi connectivity index (χ1n) is 11.2. The number of fused-ring (bicyclic) bond motifs is 1. The van der Waals surface area contributed by atoms with Gasteiger partial charge in [-0.15, -0.1) is 0 Å². The van der Waals surface area contributed by atoms with E-state index in [1.54, 1.807) is 42.5 Å². The number of rotatable bonds is 7. The summed E-state index contributed by atoms with van der Waals surface area (Å²) in [5.41, 5.74) is -0.184. The van der Waals surface area contributed by atoms with Gasteiger partial charge in [-0.2, -0.15) is 0 Å². The minimum Gasteiger partial charge on any atom is -0.385 e. The van der Waals surface area contributed by atoms with Crippen molar-refractivity contribution in [3.8, 4) is 0 Å². The van der Waals surface area contributed by atoms with Gasteiger partial charge in [0.25, 0.3) is 0 Å². The lowest BCUT2D eigenvalue weighted by Gasteiger charge is -2.38. The summed E-state index contributed by atoms with van der Waals surface area (Å²) in [6, 6.07) is 16.4. The molecular formula is C25H29N3O4S. The van der Waals surface area contributed by atoms with Crippen molar-refractivity contribution >= 4 is 26.7 Å². The summed E-state index contributed by atoms with van der Waals surface area (Å²) in [7, 11) is -2.08. The van der Waals surface area contributed by atoms with Gasteiger partial charge in [0, 0.05) is 51.1 Å². The maximum absolute atomic E-state index is 13.0. The molecule has 1 N–H and O–H groups in total. The van der Waals surface area contributed by atoms with Crippen molar-refractivity contribution in [2.45, 2.75) is 36.2 Å². The highest BCUT2D eigenvalue weighted by Crippen LogP contribution is 2.32. The van der Waals surface area contributed by atoms with E-state index < -0.39 is 15.6 Å². The largest absolute Gasteiger partial charge is 0.385 e. The molecule has 0 radical (unpaired) electrons. The lowest BCUT2D eigenvalue weighted by molar-refractivity contribution is -0.135. The van der Waals surface area contributed by atoms with Gasteiger partial charge in [0.05, 0.1) is 10.5 Å². The molecule has 3 aromatic rings. The van der Waals surface area contributed by atoms with Gasteiger partial charge in [0.1, 0.15) is 0 Å². The second-order valence-corrected chi connectivity index (χ2v) is 10.6. The van der Waals surface area contributed by atoms with E-state index in [1.807, 2.05) is 36.4 Å². The van der Waals surface area contributed by atoms with Crippen LogP contribution in [0.15, 0.2) is 71.9 Å². The van der Waals surface area contributed by atoms with Crippen molar-refractivity contribution in [2.75, 3.05) is 26.7 Å². The molecule has 2 heterocycles. The van der Waals surface area contributed by atoms with Crippen LogP contribution < -0.4 is 0 Å². The zero-order chi connectivity index (χ0) is 23.5. The third-order valence-corrected chi connectivity index (χ3v) is 8.29. The fourth-order valence-electron chi connectivity index (χ4n) is 4.29. The molecule has 0 aliphatic carbocycles. The van der Waals surface area contributed by atoms with Crippen molar-refractivity contribution < 1.29 is 18.3 Å². The van der Waals surface area contributed by atoms with Crippen LogP contribution in [0.3, 0.4) is 0 Å². The van der Waals surface area contributed by atoms with Crippen molar-refractivity contribution in [3.05, 3.63) is 72.6 Å². The second-order valence-electron chi connectivity index (χ2n) is 8.59. The zero-order valence-electron chi connectivity index (χ0n) is 18.7. The maximum Gasteiger partial charge on any atom is 0.242 e. The van der Waals surface area contributed by atoms with Crippen molar-refractivity contribution in [1.82, 2.24) is 14.2 Å². The fourth-order valence-corrected chi connectivity index (χ4v) is 5.54. The molecule has 8 heteroatoms. The number of nitrogens with zero attached hydrogens (tertiary/aromatic N) is 3. The number of benzene rings is 2. The van der Waals surface area contributed by atoms with Crippen molar-refractivity contribution in [2.24, 2.45) is 0 Å². The highest BCUT2D eigenvalue weighted by Gasteiger charge is 2.35. The number of aromatic nitrogens is 1. The van der Waals surface area contributed by atoms with E-state index in [4.69, 9.17) is 0 Å². The summed E-state index contributed by atoms with van der Waals surface area (Å²) in [4.78, 5) is 18.7. The van der Waals surface area contributed by atoms with Crippen LogP contribution >= 0.6 is 0 Å². The summed E-state index contributed by atoms with van der Waals surface area (Å²) in [6.45, 7) is 1.19. The number of hydrogen-bond acceptors (Lipinski definition) is 5. The van der Waals surface area contributed by atoms with Crippen LogP contribution in [0.4, 0.5) is 0 Å². The Morgan fingerprint density at radius 3 is 2.52 bits per heavy atom. The molecule has 0 saturated carbocycles. The van der Waals surface area contributed by atoms with E-state index in [0.29, 0.717) is 32.4 Å². The Labute approximate surface area is 194 Å². The van der Waals surface area contributed by atoms with E-state index in [9.17, 15) is 18.3 Å². The van der Waals surface area contributed by atoms with Gasteiger partial charge in [-0.3, -0.25) is 9.78 Å². The summed E-state index contributed by atoms with van der Waals surface area (Å²) >= 11 is 0. The summed E-state index contributed by atoms with van der Waals surface area (Å²) in [6.07, 6.45) is 4.96. The number of likely N-dealkylation sites (tertiary alicyclic amines) is 1. The molecular weight excluding hydrogens is 438 g/mol. The number of sulfonamides is 1. The molecule has 0 spiro atoms. The van der Waals surface area contributed by atoms with Crippen LogP contribution in [0.5, 0.6) is 0 Å². The second kappa shape index (κ2) is 9.59. The van der Waals surface area contributed by atoms with E-state index in [-0.39, 0.29) is 23.8 Å². The Morgan fingerprint density at radius 1 is 1.09 bits per heavy atom. The van der Waals surface area contributed by atoms with Crippen LogP contribution in [0.1, 0.15) is 31.2 Å². The van der Waals surface area contributed by atoms with Crippen LogP contribution in [-0.4, -0.2) is 60.3 Å². The molecule has 7 nitrogen and oxygen atoms in total. The zero-order valence-corrected chi connectivity index (χ0v) is 19.5. The maximum atomic E-state index is 13.0. The minimum atomic E-state index is -3.63. The van der Waals surface area contributed by atoms with E-state index >= 15 is 0 Å². The standard InChI is InChI=1S/C25H29N3O4S/c1-27(33(31,32)23-11-10-20-6-2-3-7-21(20)18-23)15-5-9-24(29)28-16-12-25(30,13-17-28)22-8-4-14-26-19-22/h2-4,6-8,10-11,14,18-19,30H,5,9,12-13,15-17H2,1H3. The van der Waals surface area contributed by atoms with E-state index in [1.165, 1.54) is 4.31 Å². The third kappa shape index (κ3) is 5.08. The summed E-state index contributed by atoms with van der Waals surface area (Å²) in [5, 5.41) is 12.8. The first-order valence-corrected chi connectivity index (χ1v) is 12.6. The van der Waals surface area contributed by atoms with E-state index in [2.05, 4.69) is 4.98 Å². The third-order valence-electron chi connectivity index (χ3n) is 6.43. The SMILES string of the molecule is CN(CCCC(=O)N1CCC(O)(c2cccnc2)CC1)S(=O)(=O)c1ccc2ccccc2c1. The Hall–Kier alpha value is -2.81. The summed E-state index contributed by atoms with van der Waals surface area (Å²) in [5.74, 6) is -0.0141. The van der Waals surface area contributed by atoms with Crippen LogP contribution in [0, 0.1) is 0 Å². The average Bonchev–Trinajstić information content (AvgIpc) is 2.84. The minimum absolute atomic E-state index is 0.0141. The smallest absolute Gasteiger partial charge is 0.242 e. The van der Waals surface area contributed by atoms with Gasteiger partial charge < -0.3 is 10.0 Å². The molecule has 1 saturated heterocycles. The van der Waals surface area contributed by atoms with Crippen LogP contribution in [-0.2, 0) is 20.4 Å². The monoisotopic (exact) mass is 467 g/mol. The van der Waals surface area contributed by atoms with Crippen molar-refractivity contribution in [1.29, 1.82) is 0 Å². The van der Waals surface area contributed by atoms with Gasteiger partial charge in [0.15, 0.2) is 0 Å². The predicted molar refractivity (Wildman–Crippen MR) is 127 cm³/mol. The van der Waals surface area contributed by atoms with Crippen LogP contribution in [0.25, 0.3) is 10.8 Å². The normalized spacial score (nSPS) is 16.3. The highest BCUT2D eigenvalue weighted by molar-refractivity contribution is 7.89. The van der Waals surface area contributed by atoms with Gasteiger partial charge in [-0.05, 0) is 48.2 Å². The van der Waals surface area contributed by atoms with Crippen molar-refractivity contribution in [3.63, 3.8) is 0 Å². The quantitative estimate of drug-likeness (QED) is 0.577. The lowest BCUT2D eigenvalue weighted by Crippen LogP contribution is -2.45. The molecule has 174 valence electrons.